The molecule has 0 atom stereocenters. The number of hydrogen-bond donors (Lipinski definition) is 0. The molecular formula is C6H14O6S2. The molecule has 0 aromatic carbocycles. The van der Waals surface area contributed by atoms with Crippen LogP contribution in [0.3, 0.4) is 0 Å². The molecule has 14 heavy (non-hydrogen) atoms. The lowest BCUT2D eigenvalue weighted by Gasteiger charge is -2.04. The minimum Gasteiger partial charge on any atom is -0.270 e. The van der Waals surface area contributed by atoms with Crippen molar-refractivity contribution in [3.63, 3.8) is 0 Å². The Hall–Kier alpha value is -0.180. The second-order valence-corrected chi connectivity index (χ2v) is 6.02. The van der Waals surface area contributed by atoms with Crippen LogP contribution in [0.5, 0.6) is 0 Å². The second kappa shape index (κ2) is 5.64. The summed E-state index contributed by atoms with van der Waals surface area (Å²) in [5, 5.41) is 0. The molecule has 0 aliphatic carbocycles. The molecule has 0 spiro atoms. The summed E-state index contributed by atoms with van der Waals surface area (Å²) in [5.74, 6) is -0.637. The fraction of sp³-hybridized carbons (Fsp3) is 1.00. The number of hydrogen-bond acceptors (Lipinski definition) is 6. The van der Waals surface area contributed by atoms with E-state index in [4.69, 9.17) is 0 Å². The van der Waals surface area contributed by atoms with E-state index >= 15 is 0 Å². The predicted octanol–water partition coefficient (Wildman–Crippen LogP) is -0.281. The van der Waals surface area contributed by atoms with E-state index in [1.807, 2.05) is 0 Å². The summed E-state index contributed by atoms with van der Waals surface area (Å²) in [7, 11) is -7.23. The maximum absolute atomic E-state index is 10.9. The number of rotatable bonds is 7. The Morgan fingerprint density at radius 3 is 1.93 bits per heavy atom. The lowest BCUT2D eigenvalue weighted by molar-refractivity contribution is 0.313. The van der Waals surface area contributed by atoms with Gasteiger partial charge in [-0.05, 0) is 13.8 Å². The SMILES string of the molecule is CCOS(=O)(=O)CCOS(=O)(=O)CC. The molecule has 0 N–H and O–H groups in total. The van der Waals surface area contributed by atoms with Gasteiger partial charge in [0.2, 0.25) is 0 Å². The summed E-state index contributed by atoms with van der Waals surface area (Å²) in [6, 6.07) is 0. The van der Waals surface area contributed by atoms with Gasteiger partial charge in [-0.25, -0.2) is 0 Å². The van der Waals surface area contributed by atoms with Crippen LogP contribution in [0.4, 0.5) is 0 Å². The van der Waals surface area contributed by atoms with E-state index in [1.54, 1.807) is 0 Å². The summed E-state index contributed by atoms with van der Waals surface area (Å²) in [4.78, 5) is 0. The molecule has 0 bridgehead atoms. The van der Waals surface area contributed by atoms with Crippen molar-refractivity contribution in [3.8, 4) is 0 Å². The van der Waals surface area contributed by atoms with Crippen LogP contribution < -0.4 is 0 Å². The Bertz CT molecular complexity index is 341. The first-order valence-corrected chi connectivity index (χ1v) is 7.22. The maximum Gasteiger partial charge on any atom is 0.269 e. The fourth-order valence-electron chi connectivity index (χ4n) is 0.585. The molecule has 0 aliphatic heterocycles. The van der Waals surface area contributed by atoms with Crippen LogP contribution >= 0.6 is 0 Å². The zero-order valence-corrected chi connectivity index (χ0v) is 9.73. The first kappa shape index (κ1) is 13.8. The van der Waals surface area contributed by atoms with Gasteiger partial charge in [0.1, 0.15) is 5.75 Å². The molecule has 0 saturated heterocycles. The van der Waals surface area contributed by atoms with E-state index < -0.39 is 32.6 Å². The van der Waals surface area contributed by atoms with Gasteiger partial charge in [0.05, 0.1) is 19.0 Å². The highest BCUT2D eigenvalue weighted by atomic mass is 32.2. The second-order valence-electron chi connectivity index (χ2n) is 2.34. The Morgan fingerprint density at radius 2 is 1.50 bits per heavy atom. The van der Waals surface area contributed by atoms with Crippen LogP contribution in [0.1, 0.15) is 13.8 Å². The Labute approximate surface area is 84.5 Å². The molecule has 86 valence electrons. The molecule has 0 rings (SSSR count). The van der Waals surface area contributed by atoms with Crippen molar-refractivity contribution >= 4 is 20.2 Å². The van der Waals surface area contributed by atoms with E-state index in [9.17, 15) is 16.8 Å². The summed E-state index contributed by atoms with van der Waals surface area (Å²) in [6.07, 6.45) is 0. The van der Waals surface area contributed by atoms with Crippen molar-refractivity contribution < 1.29 is 25.2 Å². The third-order valence-corrected chi connectivity index (χ3v) is 3.74. The smallest absolute Gasteiger partial charge is 0.269 e. The van der Waals surface area contributed by atoms with Crippen molar-refractivity contribution in [2.24, 2.45) is 0 Å². The molecule has 6 nitrogen and oxygen atoms in total. The van der Waals surface area contributed by atoms with E-state index in [0.29, 0.717) is 0 Å². The van der Waals surface area contributed by atoms with Crippen LogP contribution in [-0.2, 0) is 28.6 Å². The summed E-state index contributed by atoms with van der Waals surface area (Å²) < 4.78 is 52.1. The van der Waals surface area contributed by atoms with Crippen molar-refractivity contribution in [1.82, 2.24) is 0 Å². The van der Waals surface area contributed by atoms with Crippen LogP contribution in [0.15, 0.2) is 0 Å². The molecule has 0 heterocycles. The minimum absolute atomic E-state index is 0.0306. The zero-order chi connectivity index (χ0) is 11.2. The highest BCUT2D eigenvalue weighted by Crippen LogP contribution is 1.97. The highest BCUT2D eigenvalue weighted by Gasteiger charge is 2.13. The quantitative estimate of drug-likeness (QED) is 0.574. The Morgan fingerprint density at radius 1 is 0.929 bits per heavy atom. The Balaban J connectivity index is 3.98. The first-order chi connectivity index (χ1) is 6.33. The van der Waals surface area contributed by atoms with Gasteiger partial charge >= 0.3 is 0 Å². The summed E-state index contributed by atoms with van der Waals surface area (Å²) >= 11 is 0. The fourth-order valence-corrected chi connectivity index (χ4v) is 1.96. The standard InChI is InChI=1S/C6H14O6S2/c1-3-11-14(9,10)6-5-12-13(7,8)4-2/h3-6H2,1-2H3. The predicted molar refractivity (Wildman–Crippen MR) is 50.8 cm³/mol. The van der Waals surface area contributed by atoms with E-state index in [1.165, 1.54) is 13.8 Å². The lowest BCUT2D eigenvalue weighted by atomic mass is 10.9. The average molecular weight is 246 g/mol. The third kappa shape index (κ3) is 6.30. The summed E-state index contributed by atoms with van der Waals surface area (Å²) in [5.41, 5.74) is 0. The first-order valence-electron chi connectivity index (χ1n) is 4.07. The van der Waals surface area contributed by atoms with Gasteiger partial charge in [0.15, 0.2) is 0 Å². The van der Waals surface area contributed by atoms with E-state index in [2.05, 4.69) is 8.37 Å². The monoisotopic (exact) mass is 246 g/mol. The van der Waals surface area contributed by atoms with E-state index in [0.717, 1.165) is 0 Å². The molecule has 0 aliphatic rings. The topological polar surface area (TPSA) is 86.7 Å². The van der Waals surface area contributed by atoms with Crippen molar-refractivity contribution in [3.05, 3.63) is 0 Å². The van der Waals surface area contributed by atoms with Gasteiger partial charge in [-0.3, -0.25) is 8.37 Å². The van der Waals surface area contributed by atoms with Gasteiger partial charge in [-0.1, -0.05) is 0 Å². The average Bonchev–Trinajstić information content (AvgIpc) is 2.03. The lowest BCUT2D eigenvalue weighted by Crippen LogP contribution is -2.18. The normalized spacial score (nSPS) is 13.0. The van der Waals surface area contributed by atoms with Gasteiger partial charge in [0.25, 0.3) is 20.2 Å². The minimum atomic E-state index is -3.65. The van der Waals surface area contributed by atoms with Gasteiger partial charge < -0.3 is 0 Å². The molecule has 0 aromatic heterocycles. The summed E-state index contributed by atoms with van der Waals surface area (Å²) in [6.45, 7) is 2.56. The molecular weight excluding hydrogens is 232 g/mol. The molecule has 8 heteroatoms. The maximum atomic E-state index is 10.9. The molecule has 0 saturated carbocycles. The Kier molecular flexibility index (Phi) is 5.57. The molecule has 0 radical (unpaired) electrons. The van der Waals surface area contributed by atoms with Crippen molar-refractivity contribution in [1.29, 1.82) is 0 Å². The zero-order valence-electron chi connectivity index (χ0n) is 8.09. The van der Waals surface area contributed by atoms with Crippen LogP contribution in [0, 0.1) is 0 Å². The largest absolute Gasteiger partial charge is 0.270 e. The molecule has 0 unspecified atom stereocenters. The van der Waals surface area contributed by atoms with Crippen molar-refractivity contribution in [2.45, 2.75) is 13.8 Å². The van der Waals surface area contributed by atoms with Crippen LogP contribution in [-0.4, -0.2) is 41.6 Å². The van der Waals surface area contributed by atoms with E-state index in [-0.39, 0.29) is 12.4 Å². The van der Waals surface area contributed by atoms with Crippen LogP contribution in [0.2, 0.25) is 0 Å². The third-order valence-electron chi connectivity index (χ3n) is 1.25. The van der Waals surface area contributed by atoms with Gasteiger partial charge in [0, 0.05) is 0 Å². The van der Waals surface area contributed by atoms with Crippen molar-refractivity contribution in [2.75, 3.05) is 24.7 Å². The molecule has 0 amide bonds. The highest BCUT2D eigenvalue weighted by molar-refractivity contribution is 7.87. The molecule has 0 fully saturated rings. The molecule has 0 aromatic rings. The van der Waals surface area contributed by atoms with Gasteiger partial charge in [-0.2, -0.15) is 16.8 Å². The van der Waals surface area contributed by atoms with Gasteiger partial charge in [-0.15, -0.1) is 0 Å². The van der Waals surface area contributed by atoms with Crippen LogP contribution in [0.25, 0.3) is 0 Å².